The molecule has 1 rings (SSSR count). The summed E-state index contributed by atoms with van der Waals surface area (Å²) in [5.41, 5.74) is 0. The molecule has 2 nitrogen and oxygen atoms in total. The number of ether oxygens (including phenoxy) is 1. The van der Waals surface area contributed by atoms with Gasteiger partial charge in [0.15, 0.2) is 17.9 Å². The molecule has 5 heteroatoms. The molecule has 1 aromatic carbocycles. The molecule has 0 aliphatic rings. The van der Waals surface area contributed by atoms with E-state index in [0.29, 0.717) is 12.4 Å². The smallest absolute Gasteiger partial charge is 0.169 e. The highest BCUT2D eigenvalue weighted by molar-refractivity contribution is 9.10. The van der Waals surface area contributed by atoms with Crippen LogP contribution in [0.1, 0.15) is 0 Å². The average Bonchev–Trinajstić information content (AvgIpc) is 2.02. The first-order valence-electron chi connectivity index (χ1n) is 3.36. The van der Waals surface area contributed by atoms with Crippen molar-refractivity contribution in [2.75, 3.05) is 6.61 Å². The van der Waals surface area contributed by atoms with Gasteiger partial charge in [0.1, 0.15) is 12.4 Å². The van der Waals surface area contributed by atoms with Crippen LogP contribution in [0.2, 0.25) is 0 Å². The second-order valence-corrected chi connectivity index (χ2v) is 3.03. The quantitative estimate of drug-likeness (QED) is 0.770. The van der Waals surface area contributed by atoms with Crippen LogP contribution in [0.3, 0.4) is 0 Å². The molecule has 1 aromatic rings. The molecule has 70 valence electrons. The van der Waals surface area contributed by atoms with Crippen LogP contribution >= 0.6 is 15.9 Å². The topological polar surface area (TPSA) is 26.3 Å². The molecule has 0 unspecified atom stereocenters. The van der Waals surface area contributed by atoms with E-state index in [9.17, 15) is 13.6 Å². The van der Waals surface area contributed by atoms with Gasteiger partial charge in [0, 0.05) is 6.07 Å². The van der Waals surface area contributed by atoms with Crippen molar-refractivity contribution in [1.82, 2.24) is 0 Å². The third-order valence-electron chi connectivity index (χ3n) is 1.26. The summed E-state index contributed by atoms with van der Waals surface area (Å²) in [5.74, 6) is -1.70. The van der Waals surface area contributed by atoms with E-state index in [1.165, 1.54) is 0 Å². The first-order chi connectivity index (χ1) is 6.15. The Hall–Kier alpha value is -0.970. The fourth-order valence-corrected chi connectivity index (χ4v) is 1.31. The van der Waals surface area contributed by atoms with Gasteiger partial charge in [0.05, 0.1) is 4.47 Å². The number of benzene rings is 1. The van der Waals surface area contributed by atoms with E-state index in [0.717, 1.165) is 6.07 Å². The Labute approximate surface area is 81.6 Å². The van der Waals surface area contributed by atoms with E-state index in [1.807, 2.05) is 0 Å². The van der Waals surface area contributed by atoms with Crippen LogP contribution in [-0.4, -0.2) is 12.9 Å². The van der Waals surface area contributed by atoms with Crippen molar-refractivity contribution in [3.05, 3.63) is 28.2 Å². The van der Waals surface area contributed by atoms with E-state index >= 15 is 0 Å². The van der Waals surface area contributed by atoms with Crippen molar-refractivity contribution in [2.45, 2.75) is 0 Å². The highest BCUT2D eigenvalue weighted by Gasteiger charge is 2.10. The molecule has 0 aliphatic heterocycles. The predicted octanol–water partition coefficient (Wildman–Crippen LogP) is 2.31. The van der Waals surface area contributed by atoms with Crippen molar-refractivity contribution in [3.8, 4) is 5.75 Å². The molecule has 0 saturated carbocycles. The van der Waals surface area contributed by atoms with Crippen molar-refractivity contribution >= 4 is 22.2 Å². The molecule has 0 aliphatic carbocycles. The van der Waals surface area contributed by atoms with Crippen molar-refractivity contribution < 1.29 is 18.3 Å². The van der Waals surface area contributed by atoms with Gasteiger partial charge in [-0.1, -0.05) is 0 Å². The zero-order chi connectivity index (χ0) is 9.84. The SMILES string of the molecule is O=CCOc1c(F)cc(F)cc1Br. The van der Waals surface area contributed by atoms with Crippen LogP contribution in [0, 0.1) is 11.6 Å². The maximum absolute atomic E-state index is 12.9. The Morgan fingerprint density at radius 1 is 1.46 bits per heavy atom. The summed E-state index contributed by atoms with van der Waals surface area (Å²) < 4.78 is 30.3. The maximum Gasteiger partial charge on any atom is 0.169 e. The summed E-state index contributed by atoms with van der Waals surface area (Å²) in [7, 11) is 0. The highest BCUT2D eigenvalue weighted by atomic mass is 79.9. The number of carbonyl (C=O) groups is 1. The van der Waals surface area contributed by atoms with Gasteiger partial charge in [-0.2, -0.15) is 0 Å². The minimum Gasteiger partial charge on any atom is -0.482 e. The summed E-state index contributed by atoms with van der Waals surface area (Å²) in [6.07, 6.45) is 0.481. The summed E-state index contributed by atoms with van der Waals surface area (Å²) in [5, 5.41) is 0. The summed E-state index contributed by atoms with van der Waals surface area (Å²) >= 11 is 2.91. The molecule has 0 amide bonds. The largest absolute Gasteiger partial charge is 0.482 e. The van der Waals surface area contributed by atoms with Crippen LogP contribution in [0.15, 0.2) is 16.6 Å². The number of rotatable bonds is 3. The van der Waals surface area contributed by atoms with Gasteiger partial charge in [0.25, 0.3) is 0 Å². The Kier molecular flexibility index (Phi) is 3.36. The lowest BCUT2D eigenvalue weighted by atomic mass is 10.3. The number of aldehydes is 1. The van der Waals surface area contributed by atoms with Gasteiger partial charge < -0.3 is 4.74 Å². The van der Waals surface area contributed by atoms with Gasteiger partial charge in [-0.25, -0.2) is 8.78 Å². The molecule has 0 aromatic heterocycles. The first-order valence-corrected chi connectivity index (χ1v) is 4.15. The molecular formula is C8H5BrF2O2. The third-order valence-corrected chi connectivity index (χ3v) is 1.85. The van der Waals surface area contributed by atoms with E-state index in [2.05, 4.69) is 15.9 Å². The minimum atomic E-state index is -0.839. The molecule has 13 heavy (non-hydrogen) atoms. The summed E-state index contributed by atoms with van der Waals surface area (Å²) in [6.45, 7) is -0.263. The van der Waals surface area contributed by atoms with Crippen LogP contribution in [0.5, 0.6) is 5.75 Å². The van der Waals surface area contributed by atoms with Crippen LogP contribution in [0.25, 0.3) is 0 Å². The fraction of sp³-hybridized carbons (Fsp3) is 0.125. The monoisotopic (exact) mass is 250 g/mol. The van der Waals surface area contributed by atoms with Crippen LogP contribution in [0.4, 0.5) is 8.78 Å². The first kappa shape index (κ1) is 10.1. The Balaban J connectivity index is 2.98. The van der Waals surface area contributed by atoms with Crippen LogP contribution < -0.4 is 4.74 Å². The molecule has 0 atom stereocenters. The Bertz CT molecular complexity index is 305. The lowest BCUT2D eigenvalue weighted by Gasteiger charge is -2.05. The van der Waals surface area contributed by atoms with E-state index in [1.54, 1.807) is 0 Å². The van der Waals surface area contributed by atoms with Gasteiger partial charge in [-0.3, -0.25) is 4.79 Å². The number of hydrogen-bond acceptors (Lipinski definition) is 2. The van der Waals surface area contributed by atoms with Gasteiger partial charge in [-0.15, -0.1) is 0 Å². The molecule has 0 bridgehead atoms. The normalized spacial score (nSPS) is 9.77. The lowest BCUT2D eigenvalue weighted by Crippen LogP contribution is -2.00. The average molecular weight is 251 g/mol. The molecule has 0 heterocycles. The van der Waals surface area contributed by atoms with Crippen LogP contribution in [-0.2, 0) is 4.79 Å². The van der Waals surface area contributed by atoms with Gasteiger partial charge in [0.2, 0.25) is 0 Å². The Morgan fingerprint density at radius 3 is 2.69 bits per heavy atom. The van der Waals surface area contributed by atoms with Crippen molar-refractivity contribution in [1.29, 1.82) is 0 Å². The lowest BCUT2D eigenvalue weighted by molar-refractivity contribution is -0.109. The number of halogens is 3. The van der Waals surface area contributed by atoms with Gasteiger partial charge in [-0.05, 0) is 22.0 Å². The standard InChI is InChI=1S/C8H5BrF2O2/c9-6-3-5(10)4-7(11)8(6)13-2-1-12/h1,3-4H,2H2. The summed E-state index contributed by atoms with van der Waals surface area (Å²) in [4.78, 5) is 9.93. The van der Waals surface area contributed by atoms with E-state index in [4.69, 9.17) is 4.74 Å². The van der Waals surface area contributed by atoms with Gasteiger partial charge >= 0.3 is 0 Å². The van der Waals surface area contributed by atoms with E-state index in [-0.39, 0.29) is 16.8 Å². The molecule has 0 N–H and O–H groups in total. The third kappa shape index (κ3) is 2.48. The molecule has 0 radical (unpaired) electrons. The highest BCUT2D eigenvalue weighted by Crippen LogP contribution is 2.28. The van der Waals surface area contributed by atoms with Crippen molar-refractivity contribution in [3.63, 3.8) is 0 Å². The van der Waals surface area contributed by atoms with E-state index < -0.39 is 11.6 Å². The zero-order valence-electron chi connectivity index (χ0n) is 6.39. The second-order valence-electron chi connectivity index (χ2n) is 2.18. The second kappa shape index (κ2) is 4.32. The van der Waals surface area contributed by atoms with Crippen molar-refractivity contribution in [2.24, 2.45) is 0 Å². The molecular weight excluding hydrogens is 246 g/mol. The molecule has 0 saturated heterocycles. The zero-order valence-corrected chi connectivity index (χ0v) is 7.98. The summed E-state index contributed by atoms with van der Waals surface area (Å²) in [6, 6.07) is 1.74. The molecule has 0 spiro atoms. The fourth-order valence-electron chi connectivity index (χ4n) is 0.784. The molecule has 0 fully saturated rings. The Morgan fingerprint density at radius 2 is 2.15 bits per heavy atom. The number of hydrogen-bond donors (Lipinski definition) is 0. The minimum absolute atomic E-state index is 0.145. The predicted molar refractivity (Wildman–Crippen MR) is 45.6 cm³/mol. The maximum atomic E-state index is 12.9. The number of carbonyl (C=O) groups excluding carboxylic acids is 1.